The van der Waals surface area contributed by atoms with E-state index in [2.05, 4.69) is 72.4 Å². The predicted molar refractivity (Wildman–Crippen MR) is 168 cm³/mol. The third-order valence-corrected chi connectivity index (χ3v) is 10.4. The van der Waals surface area contributed by atoms with Gasteiger partial charge in [0.25, 0.3) is 5.91 Å². The van der Waals surface area contributed by atoms with E-state index in [1.54, 1.807) is 6.33 Å². The van der Waals surface area contributed by atoms with Gasteiger partial charge in [0.1, 0.15) is 17.8 Å². The first-order valence-electron chi connectivity index (χ1n) is 16.1. The van der Waals surface area contributed by atoms with Crippen LogP contribution in [-0.2, 0) is 24.3 Å². The molecule has 3 aliphatic rings. The van der Waals surface area contributed by atoms with Crippen molar-refractivity contribution in [3.8, 4) is 6.07 Å². The summed E-state index contributed by atoms with van der Waals surface area (Å²) in [5, 5.41) is 21.1. The zero-order valence-electron chi connectivity index (χ0n) is 26.4. The summed E-state index contributed by atoms with van der Waals surface area (Å²) in [4.78, 5) is 21.6. The molecule has 1 saturated heterocycles. The lowest BCUT2D eigenvalue weighted by Gasteiger charge is -2.46. The van der Waals surface area contributed by atoms with E-state index in [9.17, 15) is 10.1 Å². The number of nitrogens with zero attached hydrogens (tertiary/aromatic N) is 6. The number of hydrogen-bond acceptors (Lipinski definition) is 6. The summed E-state index contributed by atoms with van der Waals surface area (Å²) in [5.41, 5.74) is 5.69. The first-order chi connectivity index (χ1) is 20.6. The molecule has 0 bridgehead atoms. The molecule has 1 saturated carbocycles. The Labute approximate surface area is 255 Å². The minimum atomic E-state index is -0.323. The molecule has 43 heavy (non-hydrogen) atoms. The second-order valence-electron chi connectivity index (χ2n) is 14.0. The number of aryl methyl sites for hydroxylation is 1. The van der Waals surface area contributed by atoms with Crippen molar-refractivity contribution < 1.29 is 4.79 Å². The average Bonchev–Trinajstić information content (AvgIpc) is 3.53. The fourth-order valence-corrected chi connectivity index (χ4v) is 8.12. The molecule has 0 spiro atoms. The highest BCUT2D eigenvalue weighted by atomic mass is 16.1. The highest BCUT2D eigenvalue weighted by Gasteiger charge is 2.49. The van der Waals surface area contributed by atoms with Crippen molar-refractivity contribution in [2.24, 2.45) is 18.9 Å². The minimum Gasteiger partial charge on any atom is -0.321 e. The summed E-state index contributed by atoms with van der Waals surface area (Å²) < 4.78 is 1.97. The number of carbonyl (C=O) groups excluding carboxylic acids is 1. The van der Waals surface area contributed by atoms with E-state index in [0.717, 1.165) is 68.0 Å². The Hall–Kier alpha value is -3.57. The maximum atomic E-state index is 13.9. The van der Waals surface area contributed by atoms with Crippen LogP contribution < -0.4 is 5.32 Å². The number of aromatic nitrogens is 4. The van der Waals surface area contributed by atoms with Crippen molar-refractivity contribution in [3.63, 3.8) is 0 Å². The number of nitriles is 1. The van der Waals surface area contributed by atoms with Crippen molar-refractivity contribution in [3.05, 3.63) is 70.6 Å². The molecule has 1 N–H and O–H groups in total. The van der Waals surface area contributed by atoms with Crippen LogP contribution >= 0.6 is 0 Å². The predicted octanol–water partition coefficient (Wildman–Crippen LogP) is 6.48. The smallest absolute Gasteiger partial charge is 0.274 e. The summed E-state index contributed by atoms with van der Waals surface area (Å²) in [5.74, 6) is 1.75. The van der Waals surface area contributed by atoms with Crippen molar-refractivity contribution in [1.29, 1.82) is 5.26 Å². The fraction of sp³-hybridized carbons (Fsp3) is 0.571. The average molecular weight is 580 g/mol. The number of piperidine rings is 1. The van der Waals surface area contributed by atoms with E-state index in [-0.39, 0.29) is 16.7 Å². The van der Waals surface area contributed by atoms with Crippen LogP contribution in [0.2, 0.25) is 0 Å². The van der Waals surface area contributed by atoms with Gasteiger partial charge in [0.15, 0.2) is 0 Å². The second kappa shape index (κ2) is 11.5. The van der Waals surface area contributed by atoms with E-state index >= 15 is 0 Å². The standard InChI is InChI=1S/C35H45N7O/c1-6-30(42-16-8-9-23(2)21-42)28-18-29(39-31-27(28)12-14-34(31,3)4)32(43)38-26-11-7-10-25(17-26)35(19-24(20-35)13-15-36)33-40-37-22-41(33)5/h7,10-11,17-18,22-24,30H,6,8-9,12-14,16,19-21H2,1-5H3,(H,38,43)/t23-,24?,30?,35?/m0/s1. The molecule has 3 aromatic rings. The van der Waals surface area contributed by atoms with E-state index in [1.807, 2.05) is 23.7 Å². The quantitative estimate of drug-likeness (QED) is 0.328. The van der Waals surface area contributed by atoms with Gasteiger partial charge in [-0.2, -0.15) is 5.26 Å². The van der Waals surface area contributed by atoms with Gasteiger partial charge in [0, 0.05) is 37.2 Å². The zero-order chi connectivity index (χ0) is 30.4. The number of benzene rings is 1. The Morgan fingerprint density at radius 1 is 1.26 bits per heavy atom. The summed E-state index contributed by atoms with van der Waals surface area (Å²) in [6.07, 6.45) is 9.55. The molecular weight excluding hydrogens is 534 g/mol. The molecule has 1 aromatic carbocycles. The Morgan fingerprint density at radius 3 is 2.77 bits per heavy atom. The van der Waals surface area contributed by atoms with Gasteiger partial charge < -0.3 is 9.88 Å². The second-order valence-corrected chi connectivity index (χ2v) is 14.0. The normalized spacial score (nSPS) is 25.4. The van der Waals surface area contributed by atoms with Crippen LogP contribution in [0.25, 0.3) is 0 Å². The first-order valence-corrected chi connectivity index (χ1v) is 16.1. The molecule has 2 fully saturated rings. The number of nitrogens with one attached hydrogen (secondary N) is 1. The molecule has 1 aliphatic heterocycles. The summed E-state index contributed by atoms with van der Waals surface area (Å²) >= 11 is 0. The number of likely N-dealkylation sites (tertiary alicyclic amines) is 1. The highest BCUT2D eigenvalue weighted by Crippen LogP contribution is 2.53. The molecule has 2 aliphatic carbocycles. The van der Waals surface area contributed by atoms with Crippen molar-refractivity contribution >= 4 is 11.6 Å². The molecule has 8 heteroatoms. The molecule has 3 heterocycles. The third kappa shape index (κ3) is 5.37. The maximum absolute atomic E-state index is 13.9. The van der Waals surface area contributed by atoms with Gasteiger partial charge in [-0.3, -0.25) is 9.69 Å². The molecule has 8 nitrogen and oxygen atoms in total. The van der Waals surface area contributed by atoms with Crippen LogP contribution in [0.15, 0.2) is 36.7 Å². The lowest BCUT2D eigenvalue weighted by Crippen LogP contribution is -2.44. The van der Waals surface area contributed by atoms with Gasteiger partial charge in [0.2, 0.25) is 0 Å². The van der Waals surface area contributed by atoms with Gasteiger partial charge in [-0.1, -0.05) is 39.8 Å². The Morgan fingerprint density at radius 2 is 2.07 bits per heavy atom. The third-order valence-electron chi connectivity index (χ3n) is 10.4. The molecule has 2 atom stereocenters. The molecule has 226 valence electrons. The van der Waals surface area contributed by atoms with Crippen molar-refractivity contribution in [2.45, 2.75) is 95.9 Å². The van der Waals surface area contributed by atoms with Crippen molar-refractivity contribution in [1.82, 2.24) is 24.6 Å². The molecular formula is C35H45N7O. The summed E-state index contributed by atoms with van der Waals surface area (Å²) in [7, 11) is 1.97. The van der Waals surface area contributed by atoms with E-state index in [0.29, 0.717) is 30.0 Å². The Balaban J connectivity index is 1.32. The SMILES string of the molecule is CCC(c1cc(C(=O)Nc2cccc(C3(c4nncn4C)CC(CC#N)C3)c2)nc2c1CCC2(C)C)N1CCC[C@H](C)C1. The van der Waals surface area contributed by atoms with Crippen LogP contribution in [-0.4, -0.2) is 43.6 Å². The molecule has 0 radical (unpaired) electrons. The largest absolute Gasteiger partial charge is 0.321 e. The van der Waals surface area contributed by atoms with Crippen LogP contribution in [0.3, 0.4) is 0 Å². The van der Waals surface area contributed by atoms with E-state index in [4.69, 9.17) is 4.98 Å². The van der Waals surface area contributed by atoms with Crippen molar-refractivity contribution in [2.75, 3.05) is 18.4 Å². The van der Waals surface area contributed by atoms with Crippen LogP contribution in [0, 0.1) is 23.2 Å². The molecule has 1 amide bonds. The molecule has 6 rings (SSSR count). The van der Waals surface area contributed by atoms with Gasteiger partial charge in [-0.25, -0.2) is 4.98 Å². The number of rotatable bonds is 8. The summed E-state index contributed by atoms with van der Waals surface area (Å²) in [6.45, 7) is 11.4. The zero-order valence-corrected chi connectivity index (χ0v) is 26.4. The maximum Gasteiger partial charge on any atom is 0.274 e. The molecule has 1 unspecified atom stereocenters. The fourth-order valence-electron chi connectivity index (χ4n) is 8.12. The number of carbonyl (C=O) groups is 1. The van der Waals surface area contributed by atoms with E-state index < -0.39 is 0 Å². The molecule has 2 aromatic heterocycles. The van der Waals surface area contributed by atoms with Gasteiger partial charge in [-0.05, 0) is 98.2 Å². The Kier molecular flexibility index (Phi) is 7.89. The minimum absolute atomic E-state index is 0.0551. The van der Waals surface area contributed by atoms with Crippen LogP contribution in [0.5, 0.6) is 0 Å². The highest BCUT2D eigenvalue weighted by molar-refractivity contribution is 6.03. The number of amides is 1. The Bertz CT molecular complexity index is 1540. The van der Waals surface area contributed by atoms with Crippen LogP contribution in [0.1, 0.15) is 117 Å². The van der Waals surface area contributed by atoms with Gasteiger partial charge in [0.05, 0.1) is 17.2 Å². The first kappa shape index (κ1) is 29.5. The van der Waals surface area contributed by atoms with E-state index in [1.165, 1.54) is 24.0 Å². The lowest BCUT2D eigenvalue weighted by atomic mass is 9.57. The number of fused-ring (bicyclic) bond motifs is 1. The number of anilines is 1. The monoisotopic (exact) mass is 579 g/mol. The van der Waals surface area contributed by atoms with Crippen LogP contribution in [0.4, 0.5) is 5.69 Å². The number of hydrogen-bond donors (Lipinski definition) is 1. The number of pyridine rings is 1. The summed E-state index contributed by atoms with van der Waals surface area (Å²) in [6, 6.07) is 12.8. The topological polar surface area (TPSA) is 99.7 Å². The van der Waals surface area contributed by atoms with Gasteiger partial charge >= 0.3 is 0 Å². The lowest BCUT2D eigenvalue weighted by molar-refractivity contribution is 0.102. The van der Waals surface area contributed by atoms with Gasteiger partial charge in [-0.15, -0.1) is 10.2 Å².